The number of carbonyl (C=O) groups is 1. The summed E-state index contributed by atoms with van der Waals surface area (Å²) in [6.07, 6.45) is -2.67. The fourth-order valence-corrected chi connectivity index (χ4v) is 2.49. The largest absolute Gasteiger partial charge is 0.481 e. The normalized spacial score (nSPS) is 11.0. The van der Waals surface area contributed by atoms with E-state index in [4.69, 9.17) is 5.11 Å². The number of hydrogen-bond donors (Lipinski definition) is 1. The third-order valence-electron chi connectivity index (χ3n) is 2.78. The van der Waals surface area contributed by atoms with Crippen molar-refractivity contribution >= 4 is 17.7 Å². The number of thioether (sulfide) groups is 1. The van der Waals surface area contributed by atoms with Crippen molar-refractivity contribution in [3.63, 3.8) is 0 Å². The van der Waals surface area contributed by atoms with Gasteiger partial charge in [-0.25, -0.2) is 8.78 Å². The molecule has 0 unspecified atom stereocenters. The summed E-state index contributed by atoms with van der Waals surface area (Å²) in [6.45, 7) is 2.29. The van der Waals surface area contributed by atoms with Crippen molar-refractivity contribution in [3.05, 3.63) is 47.2 Å². The Morgan fingerprint density at radius 2 is 2.05 bits per heavy atom. The summed E-state index contributed by atoms with van der Waals surface area (Å²) in [5, 5.41) is 13.0. The predicted octanol–water partition coefficient (Wildman–Crippen LogP) is 3.35. The maximum absolute atomic E-state index is 12.7. The van der Waals surface area contributed by atoms with E-state index in [1.54, 1.807) is 0 Å². The van der Waals surface area contributed by atoms with Gasteiger partial charge < -0.3 is 5.11 Å². The summed E-state index contributed by atoms with van der Waals surface area (Å²) >= 11 is 0.983. The summed E-state index contributed by atoms with van der Waals surface area (Å²) in [7, 11) is 0. The van der Waals surface area contributed by atoms with Gasteiger partial charge in [-0.05, 0) is 18.6 Å². The van der Waals surface area contributed by atoms with E-state index in [2.05, 4.69) is 5.10 Å². The number of hydrogen-bond acceptors (Lipinski definition) is 3. The molecule has 112 valence electrons. The summed E-state index contributed by atoms with van der Waals surface area (Å²) in [4.78, 5) is 10.6. The number of carboxylic acids is 1. The number of alkyl halides is 2. The number of rotatable bonds is 6. The molecular formula is C14H14F2N2O2S. The van der Waals surface area contributed by atoms with Gasteiger partial charge in [-0.15, -0.1) is 0 Å². The van der Waals surface area contributed by atoms with Gasteiger partial charge in [0.05, 0.1) is 17.3 Å². The molecule has 0 bridgehead atoms. The van der Waals surface area contributed by atoms with E-state index in [1.807, 2.05) is 31.2 Å². The van der Waals surface area contributed by atoms with Crippen LogP contribution >= 0.6 is 11.8 Å². The molecule has 2 aromatic rings. The molecule has 0 fully saturated rings. The first-order valence-electron chi connectivity index (χ1n) is 6.21. The highest BCUT2D eigenvalue weighted by Gasteiger charge is 2.16. The fraction of sp³-hybridized carbons (Fsp3) is 0.286. The maximum atomic E-state index is 12.7. The van der Waals surface area contributed by atoms with Gasteiger partial charge in [-0.2, -0.15) is 5.10 Å². The molecule has 0 aliphatic rings. The predicted molar refractivity (Wildman–Crippen MR) is 75.8 cm³/mol. The van der Waals surface area contributed by atoms with Gasteiger partial charge in [-0.1, -0.05) is 41.6 Å². The topological polar surface area (TPSA) is 55.1 Å². The van der Waals surface area contributed by atoms with Crippen molar-refractivity contribution < 1.29 is 18.7 Å². The molecule has 0 saturated heterocycles. The summed E-state index contributed by atoms with van der Waals surface area (Å²) in [6, 6.07) is 8.88. The van der Waals surface area contributed by atoms with Crippen molar-refractivity contribution in [1.29, 1.82) is 0 Å². The summed E-state index contributed by atoms with van der Waals surface area (Å²) in [5.41, 5.74) is 1.68. The molecule has 1 heterocycles. The minimum absolute atomic E-state index is 0.192. The molecule has 0 spiro atoms. The Kier molecular flexibility index (Phi) is 4.95. The SMILES string of the molecule is Cc1ccc(Cn2nc(C(F)F)cc2SCC(=O)O)cc1. The van der Waals surface area contributed by atoms with Gasteiger partial charge >= 0.3 is 5.97 Å². The van der Waals surface area contributed by atoms with Gasteiger partial charge in [0.2, 0.25) is 0 Å². The van der Waals surface area contributed by atoms with Crippen LogP contribution in [0.2, 0.25) is 0 Å². The number of aromatic nitrogens is 2. The van der Waals surface area contributed by atoms with E-state index in [0.29, 0.717) is 11.6 Å². The number of aryl methyl sites for hydroxylation is 1. The maximum Gasteiger partial charge on any atom is 0.313 e. The lowest BCUT2D eigenvalue weighted by atomic mass is 10.1. The number of aliphatic carboxylic acids is 1. The molecule has 2 rings (SSSR count). The van der Waals surface area contributed by atoms with E-state index in [0.717, 1.165) is 22.9 Å². The number of carboxylic acid groups (broad SMARTS) is 1. The third kappa shape index (κ3) is 4.29. The second-order valence-electron chi connectivity index (χ2n) is 4.53. The Morgan fingerprint density at radius 3 is 2.62 bits per heavy atom. The first kappa shape index (κ1) is 15.5. The number of nitrogens with zero attached hydrogens (tertiary/aromatic N) is 2. The number of halogens is 2. The Bertz CT molecular complexity index is 626. The van der Waals surface area contributed by atoms with E-state index >= 15 is 0 Å². The van der Waals surface area contributed by atoms with Crippen LogP contribution in [0, 0.1) is 6.92 Å². The minimum Gasteiger partial charge on any atom is -0.481 e. The van der Waals surface area contributed by atoms with Crippen molar-refractivity contribution in [1.82, 2.24) is 9.78 Å². The zero-order valence-electron chi connectivity index (χ0n) is 11.3. The van der Waals surface area contributed by atoms with Crippen LogP contribution in [-0.4, -0.2) is 26.6 Å². The second kappa shape index (κ2) is 6.71. The lowest BCUT2D eigenvalue weighted by Gasteiger charge is -2.06. The van der Waals surface area contributed by atoms with Crippen molar-refractivity contribution in [2.24, 2.45) is 0 Å². The van der Waals surface area contributed by atoms with Crippen LogP contribution < -0.4 is 0 Å². The molecule has 0 amide bonds. The number of benzene rings is 1. The second-order valence-corrected chi connectivity index (χ2v) is 5.53. The van der Waals surface area contributed by atoms with Crippen LogP contribution in [0.25, 0.3) is 0 Å². The first-order chi connectivity index (χ1) is 9.95. The van der Waals surface area contributed by atoms with E-state index < -0.39 is 12.4 Å². The highest BCUT2D eigenvalue weighted by Crippen LogP contribution is 2.25. The zero-order valence-corrected chi connectivity index (χ0v) is 12.1. The molecule has 1 aromatic heterocycles. The standard InChI is InChI=1S/C14H14F2N2O2S/c1-9-2-4-10(5-3-9)7-18-12(21-8-13(19)20)6-11(17-18)14(15)16/h2-6,14H,7-8H2,1H3,(H,19,20). The molecule has 1 aromatic carbocycles. The molecule has 21 heavy (non-hydrogen) atoms. The van der Waals surface area contributed by atoms with Gasteiger partial charge in [0.25, 0.3) is 6.43 Å². The van der Waals surface area contributed by atoms with Crippen LogP contribution in [-0.2, 0) is 11.3 Å². The average Bonchev–Trinajstić information content (AvgIpc) is 2.82. The van der Waals surface area contributed by atoms with Gasteiger partial charge in [-0.3, -0.25) is 9.48 Å². The monoisotopic (exact) mass is 312 g/mol. The minimum atomic E-state index is -2.67. The van der Waals surface area contributed by atoms with Gasteiger partial charge in [0, 0.05) is 0 Å². The van der Waals surface area contributed by atoms with Gasteiger partial charge in [0.1, 0.15) is 5.69 Å². The molecule has 4 nitrogen and oxygen atoms in total. The Hall–Kier alpha value is -1.89. The van der Waals surface area contributed by atoms with Crippen LogP contribution in [0.3, 0.4) is 0 Å². The quantitative estimate of drug-likeness (QED) is 0.831. The average molecular weight is 312 g/mol. The molecule has 1 N–H and O–H groups in total. The van der Waals surface area contributed by atoms with Crippen molar-refractivity contribution in [3.8, 4) is 0 Å². The third-order valence-corrected chi connectivity index (χ3v) is 3.80. The van der Waals surface area contributed by atoms with E-state index in [-0.39, 0.29) is 11.4 Å². The first-order valence-corrected chi connectivity index (χ1v) is 7.20. The molecule has 0 aliphatic heterocycles. The van der Waals surface area contributed by atoms with Crippen LogP contribution in [0.5, 0.6) is 0 Å². The lowest BCUT2D eigenvalue weighted by molar-refractivity contribution is -0.133. The molecule has 0 aliphatic carbocycles. The van der Waals surface area contributed by atoms with E-state index in [1.165, 1.54) is 10.7 Å². The Balaban J connectivity index is 2.22. The van der Waals surface area contributed by atoms with Crippen LogP contribution in [0.15, 0.2) is 35.4 Å². The van der Waals surface area contributed by atoms with Crippen LogP contribution in [0.1, 0.15) is 23.2 Å². The Labute approximate surface area is 124 Å². The fourth-order valence-electron chi connectivity index (χ4n) is 1.76. The highest BCUT2D eigenvalue weighted by atomic mass is 32.2. The van der Waals surface area contributed by atoms with Crippen molar-refractivity contribution in [2.75, 3.05) is 5.75 Å². The molecule has 0 atom stereocenters. The summed E-state index contributed by atoms with van der Waals surface area (Å²) in [5.74, 6) is -1.19. The van der Waals surface area contributed by atoms with Crippen molar-refractivity contribution in [2.45, 2.75) is 24.9 Å². The molecule has 7 heteroatoms. The Morgan fingerprint density at radius 1 is 1.38 bits per heavy atom. The van der Waals surface area contributed by atoms with Crippen LogP contribution in [0.4, 0.5) is 8.78 Å². The molecule has 0 saturated carbocycles. The summed E-state index contributed by atoms with van der Waals surface area (Å²) < 4.78 is 26.9. The zero-order chi connectivity index (χ0) is 15.4. The smallest absolute Gasteiger partial charge is 0.313 e. The molecule has 0 radical (unpaired) electrons. The van der Waals surface area contributed by atoms with E-state index in [9.17, 15) is 13.6 Å². The molecular weight excluding hydrogens is 298 g/mol. The van der Waals surface area contributed by atoms with Gasteiger partial charge in [0.15, 0.2) is 0 Å². The highest BCUT2D eigenvalue weighted by molar-refractivity contribution is 7.99. The lowest BCUT2D eigenvalue weighted by Crippen LogP contribution is -2.05.